The fourth-order valence-corrected chi connectivity index (χ4v) is 3.40. The Bertz CT molecular complexity index is 759. The monoisotopic (exact) mass is 326 g/mol. The quantitative estimate of drug-likeness (QED) is 0.943. The van der Waals surface area contributed by atoms with Gasteiger partial charge in [0.05, 0.1) is 19.6 Å². The van der Waals surface area contributed by atoms with Gasteiger partial charge in [-0.05, 0) is 24.5 Å². The molecule has 5 nitrogen and oxygen atoms in total. The molecule has 1 aromatic carbocycles. The summed E-state index contributed by atoms with van der Waals surface area (Å²) in [5, 5.41) is 1.24. The summed E-state index contributed by atoms with van der Waals surface area (Å²) in [6.45, 7) is 2.77. The lowest BCUT2D eigenvalue weighted by atomic mass is 9.99. The smallest absolute Gasteiger partial charge is 0.227 e. The number of carbonyl (C=O) groups excluding carboxylic acids is 1. The van der Waals surface area contributed by atoms with E-state index in [0.717, 1.165) is 24.9 Å². The Hall–Kier alpha value is -2.11. The number of aromatic amines is 1. The number of fused-ring (bicyclic) bond motifs is 1. The first-order chi connectivity index (χ1) is 11.8. The van der Waals surface area contributed by atoms with Crippen molar-refractivity contribution in [2.45, 2.75) is 25.6 Å². The van der Waals surface area contributed by atoms with Crippen molar-refractivity contribution in [3.05, 3.63) is 42.1 Å². The molecule has 0 radical (unpaired) electrons. The lowest BCUT2D eigenvalue weighted by Crippen LogP contribution is -2.38. The largest absolute Gasteiger partial charge is 0.361 e. The second-order valence-corrected chi connectivity index (χ2v) is 6.30. The normalized spacial score (nSPS) is 19.5. The van der Waals surface area contributed by atoms with E-state index < -0.39 is 0 Å². The highest BCUT2D eigenvalue weighted by atomic mass is 16.7. The molecular weight excluding hydrogens is 304 g/mol. The summed E-state index contributed by atoms with van der Waals surface area (Å²) in [5.41, 5.74) is 3.71. The molecule has 4 rings (SSSR count). The highest BCUT2D eigenvalue weighted by Gasteiger charge is 2.24. The van der Waals surface area contributed by atoms with Gasteiger partial charge in [0.2, 0.25) is 5.91 Å². The second-order valence-electron chi connectivity index (χ2n) is 6.30. The van der Waals surface area contributed by atoms with Crippen LogP contribution in [0.25, 0.3) is 16.5 Å². The summed E-state index contributed by atoms with van der Waals surface area (Å²) in [7, 11) is 0. The van der Waals surface area contributed by atoms with E-state index in [4.69, 9.17) is 9.47 Å². The van der Waals surface area contributed by atoms with Gasteiger partial charge in [0, 0.05) is 35.8 Å². The minimum atomic E-state index is -0.370. The molecule has 24 heavy (non-hydrogen) atoms. The Kier molecular flexibility index (Phi) is 4.36. The Balaban J connectivity index is 1.42. The lowest BCUT2D eigenvalue weighted by Gasteiger charge is -2.29. The zero-order valence-corrected chi connectivity index (χ0v) is 13.7. The van der Waals surface area contributed by atoms with Crippen LogP contribution in [0, 0.1) is 0 Å². The highest BCUT2D eigenvalue weighted by molar-refractivity contribution is 5.93. The summed E-state index contributed by atoms with van der Waals surface area (Å²) in [5.74, 6) is 0.108. The van der Waals surface area contributed by atoms with Crippen LogP contribution in [-0.4, -0.2) is 48.4 Å². The number of hydrogen-bond acceptors (Lipinski definition) is 3. The fourth-order valence-electron chi connectivity index (χ4n) is 3.40. The molecular formula is C19H22N2O3. The third-order valence-electron chi connectivity index (χ3n) is 4.73. The number of nitrogens with one attached hydrogen (secondary N) is 1. The minimum absolute atomic E-state index is 0.108. The maximum absolute atomic E-state index is 12.4. The third kappa shape index (κ3) is 3.09. The number of H-pyrrole nitrogens is 1. The van der Waals surface area contributed by atoms with E-state index in [9.17, 15) is 4.79 Å². The Morgan fingerprint density at radius 2 is 2.08 bits per heavy atom. The number of para-hydroxylation sites is 1. The Morgan fingerprint density at radius 1 is 1.25 bits per heavy atom. The van der Waals surface area contributed by atoms with Gasteiger partial charge in [-0.1, -0.05) is 24.3 Å². The van der Waals surface area contributed by atoms with Gasteiger partial charge in [-0.25, -0.2) is 0 Å². The van der Waals surface area contributed by atoms with Crippen molar-refractivity contribution >= 4 is 22.4 Å². The molecule has 0 bridgehead atoms. The number of hydrogen-bond donors (Lipinski definition) is 1. The van der Waals surface area contributed by atoms with Crippen molar-refractivity contribution in [1.82, 2.24) is 9.88 Å². The van der Waals surface area contributed by atoms with Gasteiger partial charge < -0.3 is 19.4 Å². The summed E-state index contributed by atoms with van der Waals surface area (Å²) in [6.07, 6.45) is 5.96. The molecule has 1 saturated heterocycles. The van der Waals surface area contributed by atoms with Gasteiger partial charge in [-0.3, -0.25) is 4.79 Å². The number of nitrogens with zero attached hydrogens (tertiary/aromatic N) is 1. The first-order valence-corrected chi connectivity index (χ1v) is 8.58. The number of benzene rings is 1. The molecule has 0 atom stereocenters. The first kappa shape index (κ1) is 15.4. The predicted octanol–water partition coefficient (Wildman–Crippen LogP) is 2.94. The number of rotatable bonds is 3. The Labute approximate surface area is 141 Å². The summed E-state index contributed by atoms with van der Waals surface area (Å²) >= 11 is 0. The van der Waals surface area contributed by atoms with E-state index in [2.05, 4.69) is 35.5 Å². The van der Waals surface area contributed by atoms with Gasteiger partial charge in [-0.2, -0.15) is 0 Å². The molecule has 0 aliphatic carbocycles. The van der Waals surface area contributed by atoms with Gasteiger partial charge >= 0.3 is 0 Å². The van der Waals surface area contributed by atoms with Crippen molar-refractivity contribution in [3.8, 4) is 0 Å². The topological polar surface area (TPSA) is 54.6 Å². The number of carbonyl (C=O) groups is 1. The maximum atomic E-state index is 12.4. The van der Waals surface area contributed by atoms with Gasteiger partial charge in [0.1, 0.15) is 0 Å². The minimum Gasteiger partial charge on any atom is -0.361 e. The fraction of sp³-hybridized carbons (Fsp3) is 0.421. The molecule has 0 unspecified atom stereocenters. The van der Waals surface area contributed by atoms with Crippen molar-refractivity contribution in [1.29, 1.82) is 0 Å². The van der Waals surface area contributed by atoms with Crippen LogP contribution in [0.5, 0.6) is 0 Å². The molecule has 5 heteroatoms. The van der Waals surface area contributed by atoms with Gasteiger partial charge in [0.25, 0.3) is 0 Å². The zero-order chi connectivity index (χ0) is 16.4. The molecule has 126 valence electrons. The summed E-state index contributed by atoms with van der Waals surface area (Å²) < 4.78 is 11.0. The highest BCUT2D eigenvalue weighted by Crippen LogP contribution is 2.29. The molecule has 1 fully saturated rings. The standard InChI is InChI=1S/C19H22N2O3/c22-18(12-19-23-10-3-11-24-19)21-8-6-14(7-9-21)16-13-20-17-5-2-1-4-15(16)17/h1-2,4-6,13,19-20H,3,7-12H2. The molecule has 1 N–H and O–H groups in total. The Morgan fingerprint density at radius 3 is 2.88 bits per heavy atom. The van der Waals surface area contributed by atoms with Gasteiger partial charge in [0.15, 0.2) is 6.29 Å². The van der Waals surface area contributed by atoms with Crippen LogP contribution in [0.1, 0.15) is 24.8 Å². The van der Waals surface area contributed by atoms with E-state index in [1.807, 2.05) is 11.0 Å². The van der Waals surface area contributed by atoms with Gasteiger partial charge in [-0.15, -0.1) is 0 Å². The van der Waals surface area contributed by atoms with E-state index in [0.29, 0.717) is 26.2 Å². The predicted molar refractivity (Wildman–Crippen MR) is 92.4 cm³/mol. The first-order valence-electron chi connectivity index (χ1n) is 8.58. The van der Waals surface area contributed by atoms with Crippen molar-refractivity contribution < 1.29 is 14.3 Å². The van der Waals surface area contributed by atoms with Crippen LogP contribution in [0.4, 0.5) is 0 Å². The average molecular weight is 326 g/mol. The average Bonchev–Trinajstić information content (AvgIpc) is 3.07. The van der Waals surface area contributed by atoms with Crippen LogP contribution < -0.4 is 0 Å². The van der Waals surface area contributed by atoms with Crippen molar-refractivity contribution in [3.63, 3.8) is 0 Å². The molecule has 3 heterocycles. The molecule has 2 aliphatic rings. The molecule has 1 amide bonds. The van der Waals surface area contributed by atoms with Crippen LogP contribution >= 0.6 is 0 Å². The van der Waals surface area contributed by atoms with Crippen LogP contribution in [0.3, 0.4) is 0 Å². The van der Waals surface area contributed by atoms with Crippen molar-refractivity contribution in [2.75, 3.05) is 26.3 Å². The van der Waals surface area contributed by atoms with Crippen LogP contribution in [0.15, 0.2) is 36.5 Å². The third-order valence-corrected chi connectivity index (χ3v) is 4.73. The number of aromatic nitrogens is 1. The molecule has 0 saturated carbocycles. The molecule has 0 spiro atoms. The second kappa shape index (κ2) is 6.79. The number of ether oxygens (including phenoxy) is 2. The summed E-state index contributed by atoms with van der Waals surface area (Å²) in [4.78, 5) is 17.6. The molecule has 2 aromatic rings. The van der Waals surface area contributed by atoms with E-state index in [1.165, 1.54) is 16.5 Å². The SMILES string of the molecule is O=C(CC1OCCCO1)N1CC=C(c2c[nH]c3ccccc23)CC1. The zero-order valence-electron chi connectivity index (χ0n) is 13.7. The summed E-state index contributed by atoms with van der Waals surface area (Å²) in [6, 6.07) is 8.32. The molecule has 1 aromatic heterocycles. The lowest BCUT2D eigenvalue weighted by molar-refractivity contribution is -0.186. The molecule has 2 aliphatic heterocycles. The van der Waals surface area contributed by atoms with Crippen LogP contribution in [0.2, 0.25) is 0 Å². The maximum Gasteiger partial charge on any atom is 0.227 e. The van der Waals surface area contributed by atoms with E-state index in [-0.39, 0.29) is 12.2 Å². The van der Waals surface area contributed by atoms with E-state index in [1.54, 1.807) is 0 Å². The number of amides is 1. The van der Waals surface area contributed by atoms with E-state index >= 15 is 0 Å². The van der Waals surface area contributed by atoms with Crippen molar-refractivity contribution in [2.24, 2.45) is 0 Å². The van der Waals surface area contributed by atoms with Crippen LogP contribution in [-0.2, 0) is 14.3 Å².